The zero-order valence-electron chi connectivity index (χ0n) is 8.04. The molecule has 0 saturated heterocycles. The van der Waals surface area contributed by atoms with Crippen LogP contribution in [0.1, 0.15) is 12.2 Å². The topological polar surface area (TPSA) is 95.1 Å². The summed E-state index contributed by atoms with van der Waals surface area (Å²) in [7, 11) is 0. The third kappa shape index (κ3) is 2.46. The predicted molar refractivity (Wildman–Crippen MR) is 49.3 cm³/mol. The number of aryl methyl sites for hydroxylation is 1. The number of carbonyl (C=O) groups is 2. The first-order valence-corrected chi connectivity index (χ1v) is 4.18. The molecular weight excluding hydrogens is 202 g/mol. The van der Waals surface area contributed by atoms with Gasteiger partial charge in [-0.1, -0.05) is 0 Å². The Morgan fingerprint density at radius 2 is 2.40 bits per heavy atom. The van der Waals surface area contributed by atoms with Gasteiger partial charge in [0.05, 0.1) is 6.42 Å². The summed E-state index contributed by atoms with van der Waals surface area (Å²) in [6.07, 6.45) is 1.32. The minimum absolute atomic E-state index is 0.194. The van der Waals surface area contributed by atoms with E-state index in [0.717, 1.165) is 6.20 Å². The maximum atomic E-state index is 11.1. The summed E-state index contributed by atoms with van der Waals surface area (Å²) in [4.78, 5) is 34.9. The third-order valence-electron chi connectivity index (χ3n) is 1.87. The number of carbonyl (C=O) groups excluding carboxylic acids is 2. The van der Waals surface area contributed by atoms with Crippen molar-refractivity contribution in [3.8, 4) is 0 Å². The van der Waals surface area contributed by atoms with E-state index in [4.69, 9.17) is 0 Å². The van der Waals surface area contributed by atoms with E-state index in [1.807, 2.05) is 0 Å². The van der Waals surface area contributed by atoms with Gasteiger partial charge in [-0.05, 0) is 4.92 Å². The minimum Gasteiger partial charge on any atom is -0.358 e. The molecule has 1 aromatic heterocycles. The zero-order valence-corrected chi connectivity index (χ0v) is 8.04. The number of ketones is 1. The van der Waals surface area contributed by atoms with E-state index in [-0.39, 0.29) is 24.6 Å². The number of nitro groups is 1. The smallest absolute Gasteiger partial charge is 0.343 e. The fraction of sp³-hybridized carbons (Fsp3) is 0.375. The molecule has 0 aromatic carbocycles. The summed E-state index contributed by atoms with van der Waals surface area (Å²) in [6.45, 7) is 1.36. The summed E-state index contributed by atoms with van der Waals surface area (Å²) in [5.41, 5.74) is 0. The van der Waals surface area contributed by atoms with Crippen molar-refractivity contribution in [3.63, 3.8) is 0 Å². The number of hydrogen-bond acceptors (Lipinski definition) is 5. The Balaban J connectivity index is 2.92. The van der Waals surface area contributed by atoms with Crippen molar-refractivity contribution in [2.75, 3.05) is 0 Å². The highest BCUT2D eigenvalue weighted by atomic mass is 16.6. The Morgan fingerprint density at radius 1 is 1.73 bits per heavy atom. The molecule has 1 heterocycles. The molecule has 0 unspecified atom stereocenters. The SMILES string of the molecule is Cc1ncc([N+](=O)[O-])n1CC(=O)CC=O. The van der Waals surface area contributed by atoms with Crippen molar-refractivity contribution < 1.29 is 14.5 Å². The molecule has 1 rings (SSSR count). The summed E-state index contributed by atoms with van der Waals surface area (Å²) >= 11 is 0. The van der Waals surface area contributed by atoms with Gasteiger partial charge in [-0.2, -0.15) is 0 Å². The molecule has 0 N–H and O–H groups in total. The van der Waals surface area contributed by atoms with Crippen LogP contribution in [-0.4, -0.2) is 26.5 Å². The summed E-state index contributed by atoms with van der Waals surface area (Å²) in [5.74, 6) is -0.248. The van der Waals surface area contributed by atoms with Crippen LogP contribution >= 0.6 is 0 Å². The van der Waals surface area contributed by atoms with Gasteiger partial charge in [0.15, 0.2) is 18.2 Å². The van der Waals surface area contributed by atoms with Gasteiger partial charge < -0.3 is 14.9 Å². The van der Waals surface area contributed by atoms with Crippen LogP contribution in [0, 0.1) is 17.0 Å². The number of nitrogens with zero attached hydrogens (tertiary/aromatic N) is 3. The van der Waals surface area contributed by atoms with Crippen molar-refractivity contribution in [3.05, 3.63) is 22.1 Å². The van der Waals surface area contributed by atoms with Gasteiger partial charge in [0.2, 0.25) is 0 Å². The summed E-state index contributed by atoms with van der Waals surface area (Å²) < 4.78 is 1.17. The Bertz CT molecular complexity index is 410. The van der Waals surface area contributed by atoms with Crippen LogP contribution < -0.4 is 0 Å². The van der Waals surface area contributed by atoms with E-state index >= 15 is 0 Å². The fourth-order valence-electron chi connectivity index (χ4n) is 1.13. The van der Waals surface area contributed by atoms with E-state index in [9.17, 15) is 19.7 Å². The fourth-order valence-corrected chi connectivity index (χ4v) is 1.13. The second-order valence-corrected chi connectivity index (χ2v) is 2.92. The lowest BCUT2D eigenvalue weighted by molar-refractivity contribution is -0.392. The van der Waals surface area contributed by atoms with Crippen LogP contribution in [0.5, 0.6) is 0 Å². The number of aldehydes is 1. The molecule has 7 heteroatoms. The van der Waals surface area contributed by atoms with Gasteiger partial charge >= 0.3 is 5.82 Å². The van der Waals surface area contributed by atoms with Crippen molar-refractivity contribution in [1.82, 2.24) is 9.55 Å². The number of hydrogen-bond donors (Lipinski definition) is 0. The molecule has 0 radical (unpaired) electrons. The Hall–Kier alpha value is -2.05. The van der Waals surface area contributed by atoms with Crippen LogP contribution in [0.4, 0.5) is 5.82 Å². The molecule has 0 bridgehead atoms. The van der Waals surface area contributed by atoms with Gasteiger partial charge in [0.25, 0.3) is 0 Å². The predicted octanol–water partition coefficient (Wildman–Crippen LogP) is 0.258. The lowest BCUT2D eigenvalue weighted by atomic mass is 10.3. The highest BCUT2D eigenvalue weighted by Crippen LogP contribution is 2.13. The maximum absolute atomic E-state index is 11.1. The third-order valence-corrected chi connectivity index (χ3v) is 1.87. The van der Waals surface area contributed by atoms with Crippen molar-refractivity contribution in [2.24, 2.45) is 0 Å². The molecule has 80 valence electrons. The molecule has 0 atom stereocenters. The Kier molecular flexibility index (Phi) is 3.27. The molecule has 0 saturated carbocycles. The quantitative estimate of drug-likeness (QED) is 0.301. The molecule has 0 aliphatic rings. The van der Waals surface area contributed by atoms with Crippen molar-refractivity contribution in [1.29, 1.82) is 0 Å². The lowest BCUT2D eigenvalue weighted by Crippen LogP contribution is -2.13. The number of aromatic nitrogens is 2. The molecule has 0 amide bonds. The molecule has 7 nitrogen and oxygen atoms in total. The maximum Gasteiger partial charge on any atom is 0.343 e. The van der Waals surface area contributed by atoms with Crippen LogP contribution in [0.3, 0.4) is 0 Å². The van der Waals surface area contributed by atoms with E-state index in [2.05, 4.69) is 4.98 Å². The average molecular weight is 211 g/mol. The van der Waals surface area contributed by atoms with Crippen LogP contribution in [-0.2, 0) is 16.1 Å². The molecule has 15 heavy (non-hydrogen) atoms. The second kappa shape index (κ2) is 4.45. The molecule has 0 aliphatic carbocycles. The van der Waals surface area contributed by atoms with Crippen molar-refractivity contribution in [2.45, 2.75) is 19.9 Å². The van der Waals surface area contributed by atoms with E-state index in [1.54, 1.807) is 6.92 Å². The molecule has 0 aliphatic heterocycles. The van der Waals surface area contributed by atoms with Gasteiger partial charge in [0.1, 0.15) is 12.5 Å². The minimum atomic E-state index is -0.617. The van der Waals surface area contributed by atoms with Gasteiger partial charge in [0, 0.05) is 6.92 Å². The first-order chi connectivity index (χ1) is 7.06. The molecule has 0 spiro atoms. The van der Waals surface area contributed by atoms with Gasteiger partial charge in [-0.3, -0.25) is 4.79 Å². The number of Topliss-reactive ketones (excluding diaryl/α,β-unsaturated/α-hetero) is 1. The standard InChI is InChI=1S/C8H9N3O4/c1-6-9-4-8(11(14)15)10(6)5-7(13)2-3-12/h3-4H,2,5H2,1H3. The molecule has 1 aromatic rings. The molecule has 0 fully saturated rings. The highest BCUT2D eigenvalue weighted by Gasteiger charge is 2.19. The Morgan fingerprint density at radius 3 is 2.93 bits per heavy atom. The average Bonchev–Trinajstić information content (AvgIpc) is 2.48. The van der Waals surface area contributed by atoms with Gasteiger partial charge in [-0.15, -0.1) is 0 Å². The first-order valence-electron chi connectivity index (χ1n) is 4.18. The largest absolute Gasteiger partial charge is 0.358 e. The summed E-state index contributed by atoms with van der Waals surface area (Å²) in [6, 6.07) is 0. The Labute approximate surface area is 84.9 Å². The normalized spacial score (nSPS) is 9.93. The number of imidazole rings is 1. The molecular formula is C8H9N3O4. The van der Waals surface area contributed by atoms with Crippen LogP contribution in [0.15, 0.2) is 6.20 Å². The van der Waals surface area contributed by atoms with E-state index in [1.165, 1.54) is 4.57 Å². The van der Waals surface area contributed by atoms with E-state index in [0.29, 0.717) is 12.1 Å². The van der Waals surface area contributed by atoms with Crippen molar-refractivity contribution >= 4 is 17.9 Å². The lowest BCUT2D eigenvalue weighted by Gasteiger charge is -1.99. The van der Waals surface area contributed by atoms with Crippen LogP contribution in [0.2, 0.25) is 0 Å². The highest BCUT2D eigenvalue weighted by molar-refractivity contribution is 5.89. The second-order valence-electron chi connectivity index (χ2n) is 2.92. The first kappa shape index (κ1) is 11.0. The van der Waals surface area contributed by atoms with Gasteiger partial charge in [-0.25, -0.2) is 9.55 Å². The van der Waals surface area contributed by atoms with E-state index < -0.39 is 4.92 Å². The zero-order chi connectivity index (χ0) is 11.4. The van der Waals surface area contributed by atoms with Crippen LogP contribution in [0.25, 0.3) is 0 Å². The monoisotopic (exact) mass is 211 g/mol. The number of rotatable bonds is 5. The summed E-state index contributed by atoms with van der Waals surface area (Å²) in [5, 5.41) is 10.5.